The summed E-state index contributed by atoms with van der Waals surface area (Å²) in [6.45, 7) is 0. The summed E-state index contributed by atoms with van der Waals surface area (Å²) in [7, 11) is -6.15. The van der Waals surface area contributed by atoms with Crippen molar-refractivity contribution in [2.45, 2.75) is 22.7 Å². The van der Waals surface area contributed by atoms with E-state index in [0.29, 0.717) is 18.2 Å². The highest BCUT2D eigenvalue weighted by Gasteiger charge is 2.55. The minimum Gasteiger partial charge on any atom is -0.456 e. The number of nitrogens with zero attached hydrogens (tertiary/aromatic N) is 1. The summed E-state index contributed by atoms with van der Waals surface area (Å²) in [5.74, 6) is -10.2. The maximum Gasteiger partial charge on any atom is 0.501 e. The summed E-state index contributed by atoms with van der Waals surface area (Å²) >= 11 is 0. The second-order valence-electron chi connectivity index (χ2n) is 6.51. The van der Waals surface area contributed by atoms with Gasteiger partial charge >= 0.3 is 11.4 Å². The molecule has 164 valence electrons. The number of ketones is 1. The van der Waals surface area contributed by atoms with Gasteiger partial charge in [0.25, 0.3) is 9.84 Å². The molecule has 0 saturated heterocycles. The van der Waals surface area contributed by atoms with Crippen molar-refractivity contribution in [3.8, 4) is 11.5 Å². The van der Waals surface area contributed by atoms with E-state index in [-0.39, 0.29) is 5.39 Å². The zero-order chi connectivity index (χ0) is 22.9. The molecule has 0 aliphatic heterocycles. The van der Waals surface area contributed by atoms with E-state index in [2.05, 4.69) is 10.2 Å². The maximum atomic E-state index is 14.0. The number of hydrogen-bond acceptors (Lipinski definition) is 5. The van der Waals surface area contributed by atoms with Crippen LogP contribution >= 0.6 is 0 Å². The van der Waals surface area contributed by atoms with Gasteiger partial charge in [-0.3, -0.25) is 9.89 Å². The lowest BCUT2D eigenvalue weighted by molar-refractivity contribution is -0.0436. The van der Waals surface area contributed by atoms with Crippen molar-refractivity contribution < 1.29 is 48.7 Å². The average Bonchev–Trinajstić information content (AvgIpc) is 3.23. The zero-order valence-electron chi connectivity index (χ0n) is 14.7. The van der Waals surface area contributed by atoms with Gasteiger partial charge in [0.2, 0.25) is 5.78 Å². The number of Topliss-reactive ketones (excluding diaryl/α,β-unsaturated/α-hetero) is 1. The second-order valence-corrected chi connectivity index (χ2v) is 8.42. The van der Waals surface area contributed by atoms with Gasteiger partial charge in [-0.05, 0) is 12.1 Å². The molecule has 6 nitrogen and oxygen atoms in total. The Bertz CT molecular complexity index is 1360. The fourth-order valence-electron chi connectivity index (χ4n) is 3.18. The molecule has 31 heavy (non-hydrogen) atoms. The summed E-state index contributed by atoms with van der Waals surface area (Å²) in [5.41, 5.74) is -8.48. The molecule has 0 spiro atoms. The van der Waals surface area contributed by atoms with Crippen LogP contribution in [0.25, 0.3) is 10.9 Å². The van der Waals surface area contributed by atoms with Crippen molar-refractivity contribution in [1.29, 1.82) is 0 Å². The quantitative estimate of drug-likeness (QED) is 0.579. The van der Waals surface area contributed by atoms with Crippen LogP contribution in [0.15, 0.2) is 29.3 Å². The largest absolute Gasteiger partial charge is 0.501 e. The Balaban J connectivity index is 1.93. The number of fused-ring (bicyclic) bond motifs is 2. The van der Waals surface area contributed by atoms with Gasteiger partial charge < -0.3 is 4.74 Å². The Morgan fingerprint density at radius 2 is 1.81 bits per heavy atom. The first-order chi connectivity index (χ1) is 14.3. The molecule has 0 atom stereocenters. The lowest BCUT2D eigenvalue weighted by Crippen LogP contribution is -2.28. The molecule has 0 bridgehead atoms. The van der Waals surface area contributed by atoms with E-state index in [1.807, 2.05) is 0 Å². The average molecular weight is 468 g/mol. The van der Waals surface area contributed by atoms with Crippen LogP contribution in [0.2, 0.25) is 0 Å². The van der Waals surface area contributed by atoms with Crippen LogP contribution in [0.3, 0.4) is 0 Å². The summed E-state index contributed by atoms with van der Waals surface area (Å²) in [6.07, 6.45) is -0.439. The number of halogens is 7. The first-order valence-corrected chi connectivity index (χ1v) is 9.63. The number of hydrogen-bond donors (Lipinski definition) is 1. The molecule has 1 heterocycles. The van der Waals surface area contributed by atoms with Crippen LogP contribution < -0.4 is 4.74 Å². The molecular formula is C17H7F7N2O4S. The third-order valence-corrected chi connectivity index (χ3v) is 6.12. The van der Waals surface area contributed by atoms with Crippen LogP contribution in [0.4, 0.5) is 30.7 Å². The first-order valence-electron chi connectivity index (χ1n) is 8.14. The molecule has 2 aromatic carbocycles. The minimum absolute atomic E-state index is 0.143. The number of aromatic nitrogens is 2. The summed E-state index contributed by atoms with van der Waals surface area (Å²) < 4.78 is 123. The predicted octanol–water partition coefficient (Wildman–Crippen LogP) is 4.30. The van der Waals surface area contributed by atoms with E-state index in [0.717, 1.165) is 6.20 Å². The predicted molar refractivity (Wildman–Crippen MR) is 88.7 cm³/mol. The molecule has 0 fully saturated rings. The molecule has 0 saturated carbocycles. The number of ether oxygens (including phenoxy) is 1. The Hall–Kier alpha value is -3.16. The number of aromatic amines is 1. The first kappa shape index (κ1) is 21.1. The highest BCUT2D eigenvalue weighted by Crippen LogP contribution is 2.46. The van der Waals surface area contributed by atoms with Crippen molar-refractivity contribution in [3.63, 3.8) is 0 Å². The van der Waals surface area contributed by atoms with Gasteiger partial charge in [-0.15, -0.1) is 0 Å². The van der Waals surface area contributed by atoms with Crippen LogP contribution in [0.5, 0.6) is 11.5 Å². The minimum atomic E-state index is -6.15. The number of carbonyl (C=O) groups is 1. The van der Waals surface area contributed by atoms with Crippen molar-refractivity contribution in [1.82, 2.24) is 10.2 Å². The van der Waals surface area contributed by atoms with Crippen LogP contribution in [0.1, 0.15) is 15.9 Å². The van der Waals surface area contributed by atoms with Gasteiger partial charge in [0.15, 0.2) is 11.6 Å². The smallest absolute Gasteiger partial charge is 0.456 e. The second kappa shape index (κ2) is 6.42. The summed E-state index contributed by atoms with van der Waals surface area (Å²) in [5, 5.41) is 5.50. The van der Waals surface area contributed by atoms with Gasteiger partial charge in [-0.25, -0.2) is 17.2 Å². The molecular weight excluding hydrogens is 461 g/mol. The molecule has 1 N–H and O–H groups in total. The van der Waals surface area contributed by atoms with Gasteiger partial charge in [-0.2, -0.15) is 27.1 Å². The number of benzene rings is 2. The summed E-state index contributed by atoms with van der Waals surface area (Å²) in [4.78, 5) is 10.4. The summed E-state index contributed by atoms with van der Waals surface area (Å²) in [6, 6.07) is 1.46. The fourth-order valence-corrected chi connectivity index (χ4v) is 4.16. The number of rotatable bonds is 3. The molecule has 0 radical (unpaired) electrons. The fraction of sp³-hybridized carbons (Fsp3) is 0.176. The highest BCUT2D eigenvalue weighted by molar-refractivity contribution is 7.92. The van der Waals surface area contributed by atoms with Crippen LogP contribution in [-0.4, -0.2) is 35.8 Å². The normalized spacial score (nSPS) is 16.0. The Kier molecular flexibility index (Phi) is 4.37. The van der Waals surface area contributed by atoms with E-state index in [1.54, 1.807) is 0 Å². The molecule has 1 aromatic heterocycles. The van der Waals surface area contributed by atoms with Crippen LogP contribution in [-0.2, 0) is 16.3 Å². The maximum absolute atomic E-state index is 14.0. The number of carbonyl (C=O) groups excluding carboxylic acids is 1. The van der Waals surface area contributed by atoms with E-state index in [1.165, 1.54) is 0 Å². The van der Waals surface area contributed by atoms with E-state index in [9.17, 15) is 43.9 Å². The van der Waals surface area contributed by atoms with E-state index >= 15 is 0 Å². The van der Waals surface area contributed by atoms with Crippen LogP contribution in [0, 0.1) is 11.6 Å². The van der Waals surface area contributed by atoms with Gasteiger partial charge in [0.1, 0.15) is 17.0 Å². The van der Waals surface area contributed by atoms with Crippen molar-refractivity contribution in [3.05, 3.63) is 47.2 Å². The lowest BCUT2D eigenvalue weighted by atomic mass is 10.1. The number of H-pyrrole nitrogens is 1. The third kappa shape index (κ3) is 3.04. The van der Waals surface area contributed by atoms with Crippen molar-refractivity contribution in [2.75, 3.05) is 0 Å². The molecule has 0 unspecified atom stereocenters. The zero-order valence-corrected chi connectivity index (χ0v) is 15.5. The van der Waals surface area contributed by atoms with Gasteiger partial charge in [0, 0.05) is 18.1 Å². The SMILES string of the molecule is O=C1c2c(S(=O)(=O)C(F)(F)F)ccc(Oc3cc(F)c(F)c4[nH]ncc34)c2CC1(F)F. The Labute approximate surface area is 167 Å². The molecule has 14 heteroatoms. The van der Waals surface area contributed by atoms with Gasteiger partial charge in [-0.1, -0.05) is 0 Å². The number of alkyl halides is 5. The standard InChI is InChI=1S/C17H7F7N2O4S/c18-8-3-10(7-5-25-26-14(7)13(8)19)30-9-1-2-11(31(28,29)17(22,23)24)12-6(9)4-16(20,21)15(12)27/h1-3,5H,4H2,(H,25,26). The molecule has 3 aromatic rings. The van der Waals surface area contributed by atoms with Crippen molar-refractivity contribution >= 4 is 26.5 Å². The number of sulfone groups is 1. The highest BCUT2D eigenvalue weighted by atomic mass is 32.2. The Morgan fingerprint density at radius 3 is 2.45 bits per heavy atom. The van der Waals surface area contributed by atoms with Crippen molar-refractivity contribution in [2.24, 2.45) is 0 Å². The lowest BCUT2D eigenvalue weighted by Gasteiger charge is -2.15. The Morgan fingerprint density at radius 1 is 1.13 bits per heavy atom. The van der Waals surface area contributed by atoms with E-state index in [4.69, 9.17) is 4.74 Å². The van der Waals surface area contributed by atoms with E-state index < -0.39 is 78.1 Å². The molecule has 0 amide bonds. The third-order valence-electron chi connectivity index (χ3n) is 4.60. The van der Waals surface area contributed by atoms with Gasteiger partial charge in [0.05, 0.1) is 22.0 Å². The molecule has 4 rings (SSSR count). The number of nitrogens with one attached hydrogen (secondary N) is 1. The molecule has 1 aliphatic rings. The molecule has 1 aliphatic carbocycles. The topological polar surface area (TPSA) is 89.1 Å². The monoisotopic (exact) mass is 468 g/mol.